The van der Waals surface area contributed by atoms with Gasteiger partial charge in [0.15, 0.2) is 0 Å². The summed E-state index contributed by atoms with van der Waals surface area (Å²) in [4.78, 5) is 34.6. The number of carboxylic acids is 1. The Balaban J connectivity index is 2.27. The average Bonchev–Trinajstić information content (AvgIpc) is 2.74. The first-order chi connectivity index (χ1) is 9.49. The summed E-state index contributed by atoms with van der Waals surface area (Å²) in [5.41, 5.74) is 6.67. The highest BCUT2D eigenvalue weighted by atomic mass is 32.1. The minimum Gasteiger partial charge on any atom is -0.478 e. The van der Waals surface area contributed by atoms with Crippen LogP contribution in [0.1, 0.15) is 33.6 Å². The van der Waals surface area contributed by atoms with Crippen LogP contribution in [0.3, 0.4) is 0 Å². The van der Waals surface area contributed by atoms with Crippen molar-refractivity contribution in [3.05, 3.63) is 28.2 Å². The highest BCUT2D eigenvalue weighted by Crippen LogP contribution is 2.37. The van der Waals surface area contributed by atoms with Crippen LogP contribution in [0.4, 0.5) is 5.00 Å². The third kappa shape index (κ3) is 3.05. The molecule has 4 N–H and O–H groups in total. The predicted octanol–water partition coefficient (Wildman–Crippen LogP) is 1.31. The number of hydrogen-bond acceptors (Lipinski definition) is 4. The molecule has 1 aliphatic carbocycles. The predicted molar refractivity (Wildman–Crippen MR) is 74.9 cm³/mol. The van der Waals surface area contributed by atoms with Gasteiger partial charge in [-0.2, -0.15) is 0 Å². The van der Waals surface area contributed by atoms with Crippen LogP contribution >= 0.6 is 11.3 Å². The molecule has 1 aromatic rings. The van der Waals surface area contributed by atoms with Crippen LogP contribution in [0, 0.1) is 0 Å². The van der Waals surface area contributed by atoms with E-state index in [0.29, 0.717) is 10.6 Å². The van der Waals surface area contributed by atoms with E-state index < -0.39 is 17.8 Å². The monoisotopic (exact) mass is 294 g/mol. The van der Waals surface area contributed by atoms with E-state index in [1.165, 1.54) is 11.3 Å². The molecule has 6 nitrogen and oxygen atoms in total. The van der Waals surface area contributed by atoms with Gasteiger partial charge in [-0.05, 0) is 31.2 Å². The molecule has 20 heavy (non-hydrogen) atoms. The molecule has 0 spiro atoms. The number of primary amides is 1. The summed E-state index contributed by atoms with van der Waals surface area (Å²) in [5, 5.41) is 11.4. The molecule has 1 aliphatic rings. The Labute approximate surface area is 119 Å². The number of hydrogen-bond donors (Lipinski definition) is 3. The number of carbonyl (C=O) groups is 3. The second-order valence-corrected chi connectivity index (χ2v) is 5.55. The summed E-state index contributed by atoms with van der Waals surface area (Å²) >= 11 is 1.34. The van der Waals surface area contributed by atoms with Gasteiger partial charge in [0, 0.05) is 17.0 Å². The fraction of sp³-hybridized carbons (Fsp3) is 0.308. The summed E-state index contributed by atoms with van der Waals surface area (Å²) < 4.78 is 0. The molecular weight excluding hydrogens is 280 g/mol. The van der Waals surface area contributed by atoms with Crippen molar-refractivity contribution in [3.63, 3.8) is 0 Å². The normalized spacial score (nSPS) is 14.0. The van der Waals surface area contributed by atoms with Gasteiger partial charge in [-0.1, -0.05) is 0 Å². The topological polar surface area (TPSA) is 109 Å². The molecule has 1 heterocycles. The molecule has 0 bridgehead atoms. The standard InChI is InChI=1S/C13H14N2O4S/c14-12(19)11-7-3-1-2-4-8(7)20-13(11)15-9(16)5-6-10(17)18/h5-6H,1-4H2,(H2,14,19)(H,15,16)(H,17,18)/b6-5+. The molecule has 0 saturated heterocycles. The number of amides is 2. The van der Waals surface area contributed by atoms with Crippen molar-refractivity contribution >= 4 is 34.1 Å². The van der Waals surface area contributed by atoms with Gasteiger partial charge in [0.2, 0.25) is 5.91 Å². The second kappa shape index (κ2) is 5.87. The average molecular weight is 294 g/mol. The molecule has 2 rings (SSSR count). The Morgan fingerprint density at radius 2 is 1.90 bits per heavy atom. The summed E-state index contributed by atoms with van der Waals surface area (Å²) in [5.74, 6) is -2.36. The van der Waals surface area contributed by atoms with Gasteiger partial charge < -0.3 is 16.2 Å². The Kier molecular flexibility index (Phi) is 4.19. The van der Waals surface area contributed by atoms with Crippen molar-refractivity contribution in [1.29, 1.82) is 0 Å². The van der Waals surface area contributed by atoms with Crippen molar-refractivity contribution < 1.29 is 19.5 Å². The van der Waals surface area contributed by atoms with E-state index in [1.54, 1.807) is 0 Å². The van der Waals surface area contributed by atoms with Gasteiger partial charge >= 0.3 is 5.97 Å². The number of aryl methyl sites for hydroxylation is 1. The third-order valence-corrected chi connectivity index (χ3v) is 4.24. The highest BCUT2D eigenvalue weighted by Gasteiger charge is 2.24. The van der Waals surface area contributed by atoms with Crippen LogP contribution in [0.2, 0.25) is 0 Å². The second-order valence-electron chi connectivity index (χ2n) is 4.44. The molecule has 0 radical (unpaired) electrons. The summed E-state index contributed by atoms with van der Waals surface area (Å²) in [6.45, 7) is 0. The lowest BCUT2D eigenvalue weighted by atomic mass is 9.95. The highest BCUT2D eigenvalue weighted by molar-refractivity contribution is 7.17. The van der Waals surface area contributed by atoms with Crippen molar-refractivity contribution in [3.8, 4) is 0 Å². The van der Waals surface area contributed by atoms with Gasteiger partial charge in [-0.3, -0.25) is 9.59 Å². The van der Waals surface area contributed by atoms with E-state index in [-0.39, 0.29) is 0 Å². The Hall–Kier alpha value is -2.15. The van der Waals surface area contributed by atoms with Gasteiger partial charge in [0.25, 0.3) is 5.91 Å². The lowest BCUT2D eigenvalue weighted by Crippen LogP contribution is -2.17. The summed E-state index contributed by atoms with van der Waals surface area (Å²) in [6, 6.07) is 0. The number of nitrogens with two attached hydrogens (primary N) is 1. The number of anilines is 1. The van der Waals surface area contributed by atoms with E-state index in [2.05, 4.69) is 5.32 Å². The Morgan fingerprint density at radius 1 is 1.20 bits per heavy atom. The molecule has 0 aliphatic heterocycles. The molecule has 1 aromatic heterocycles. The number of carboxylic acid groups (broad SMARTS) is 1. The van der Waals surface area contributed by atoms with E-state index in [9.17, 15) is 14.4 Å². The zero-order valence-electron chi connectivity index (χ0n) is 10.6. The third-order valence-electron chi connectivity index (χ3n) is 3.03. The van der Waals surface area contributed by atoms with E-state index in [0.717, 1.165) is 48.3 Å². The van der Waals surface area contributed by atoms with Crippen molar-refractivity contribution in [2.75, 3.05) is 5.32 Å². The van der Waals surface area contributed by atoms with E-state index in [1.807, 2.05) is 0 Å². The number of aliphatic carboxylic acids is 1. The molecule has 106 valence electrons. The smallest absolute Gasteiger partial charge is 0.328 e. The zero-order valence-corrected chi connectivity index (χ0v) is 11.5. The molecule has 0 unspecified atom stereocenters. The first-order valence-corrected chi connectivity index (χ1v) is 6.97. The van der Waals surface area contributed by atoms with Crippen LogP contribution in [-0.2, 0) is 22.4 Å². The number of thiophene rings is 1. The number of carbonyl (C=O) groups excluding carboxylic acids is 2. The van der Waals surface area contributed by atoms with Crippen LogP contribution in [0.25, 0.3) is 0 Å². The maximum absolute atomic E-state index is 11.6. The first-order valence-electron chi connectivity index (χ1n) is 6.15. The quantitative estimate of drug-likeness (QED) is 0.727. The number of nitrogens with one attached hydrogen (secondary N) is 1. The summed E-state index contributed by atoms with van der Waals surface area (Å²) in [7, 11) is 0. The van der Waals surface area contributed by atoms with Gasteiger partial charge in [-0.15, -0.1) is 11.3 Å². The van der Waals surface area contributed by atoms with Crippen LogP contribution < -0.4 is 11.1 Å². The number of rotatable bonds is 4. The molecule has 0 aromatic carbocycles. The molecule has 2 amide bonds. The van der Waals surface area contributed by atoms with E-state index in [4.69, 9.17) is 10.8 Å². The van der Waals surface area contributed by atoms with Crippen LogP contribution in [-0.4, -0.2) is 22.9 Å². The molecule has 0 fully saturated rings. The Bertz CT molecular complexity index is 604. The largest absolute Gasteiger partial charge is 0.478 e. The lowest BCUT2D eigenvalue weighted by molar-refractivity contribution is -0.131. The maximum atomic E-state index is 11.6. The minimum absolute atomic E-state index is 0.363. The lowest BCUT2D eigenvalue weighted by Gasteiger charge is -2.11. The first kappa shape index (κ1) is 14.3. The maximum Gasteiger partial charge on any atom is 0.328 e. The molecular formula is C13H14N2O4S. The zero-order chi connectivity index (χ0) is 14.7. The summed E-state index contributed by atoms with van der Waals surface area (Å²) in [6.07, 6.45) is 5.36. The SMILES string of the molecule is NC(=O)c1c(NC(=O)/C=C/C(=O)O)sc2c1CCCC2. The van der Waals surface area contributed by atoms with Crippen molar-refractivity contribution in [2.45, 2.75) is 25.7 Å². The van der Waals surface area contributed by atoms with Gasteiger partial charge in [-0.25, -0.2) is 4.79 Å². The molecule has 0 saturated carbocycles. The van der Waals surface area contributed by atoms with Gasteiger partial charge in [0.1, 0.15) is 5.00 Å². The number of fused-ring (bicyclic) bond motifs is 1. The fourth-order valence-electron chi connectivity index (χ4n) is 2.22. The van der Waals surface area contributed by atoms with Crippen LogP contribution in [0.15, 0.2) is 12.2 Å². The van der Waals surface area contributed by atoms with Gasteiger partial charge in [0.05, 0.1) is 5.56 Å². The minimum atomic E-state index is -1.21. The molecule has 0 atom stereocenters. The van der Waals surface area contributed by atoms with Crippen molar-refractivity contribution in [2.24, 2.45) is 5.73 Å². The van der Waals surface area contributed by atoms with Crippen molar-refractivity contribution in [1.82, 2.24) is 0 Å². The molecule has 7 heteroatoms. The Morgan fingerprint density at radius 3 is 2.55 bits per heavy atom. The van der Waals surface area contributed by atoms with E-state index >= 15 is 0 Å². The fourth-order valence-corrected chi connectivity index (χ4v) is 3.51. The van der Waals surface area contributed by atoms with Crippen LogP contribution in [0.5, 0.6) is 0 Å².